The molecule has 1 N–H and O–H groups in total. The van der Waals surface area contributed by atoms with E-state index in [-0.39, 0.29) is 5.91 Å². The molecule has 6 heteroatoms. The van der Waals surface area contributed by atoms with E-state index >= 15 is 0 Å². The molecule has 0 aliphatic carbocycles. The van der Waals surface area contributed by atoms with Crippen LogP contribution in [0.2, 0.25) is 10.0 Å². The van der Waals surface area contributed by atoms with Gasteiger partial charge in [-0.2, -0.15) is 0 Å². The van der Waals surface area contributed by atoms with Gasteiger partial charge >= 0.3 is 0 Å². The van der Waals surface area contributed by atoms with Crippen molar-refractivity contribution in [3.8, 4) is 12.3 Å². The van der Waals surface area contributed by atoms with Crippen LogP contribution in [0.25, 0.3) is 0 Å². The fraction of sp³-hybridized carbons (Fsp3) is 0.375. The Morgan fingerprint density at radius 3 is 2.43 bits per heavy atom. The number of benzene rings is 2. The summed E-state index contributed by atoms with van der Waals surface area (Å²) in [7, 11) is 0. The van der Waals surface area contributed by atoms with E-state index < -0.39 is 0 Å². The zero-order valence-corrected chi connectivity index (χ0v) is 18.6. The van der Waals surface area contributed by atoms with Gasteiger partial charge in [0.1, 0.15) is 0 Å². The van der Waals surface area contributed by atoms with Gasteiger partial charge < -0.3 is 10.2 Å². The van der Waals surface area contributed by atoms with Crippen molar-refractivity contribution < 1.29 is 4.79 Å². The SMILES string of the molecule is C#Cc1ccc(C(=O)NCCCCCN2CCN(c3cccc(Cl)c3Cl)CC2)cc1. The van der Waals surface area contributed by atoms with Crippen LogP contribution in [0, 0.1) is 12.3 Å². The summed E-state index contributed by atoms with van der Waals surface area (Å²) in [6.45, 7) is 5.72. The van der Waals surface area contributed by atoms with Crippen molar-refractivity contribution in [1.29, 1.82) is 0 Å². The summed E-state index contributed by atoms with van der Waals surface area (Å²) >= 11 is 12.5. The van der Waals surface area contributed by atoms with E-state index in [0.717, 1.165) is 63.2 Å². The van der Waals surface area contributed by atoms with Gasteiger partial charge in [0.15, 0.2) is 0 Å². The Labute approximate surface area is 189 Å². The topological polar surface area (TPSA) is 35.6 Å². The molecule has 1 aliphatic heterocycles. The number of rotatable bonds is 8. The van der Waals surface area contributed by atoms with E-state index in [0.29, 0.717) is 22.2 Å². The normalized spacial score (nSPS) is 14.4. The number of piperazine rings is 1. The first-order chi connectivity index (χ1) is 14.6. The highest BCUT2D eigenvalue weighted by atomic mass is 35.5. The highest BCUT2D eigenvalue weighted by Crippen LogP contribution is 2.32. The van der Waals surface area contributed by atoms with Gasteiger partial charge in [0, 0.05) is 43.9 Å². The average molecular weight is 444 g/mol. The molecule has 1 saturated heterocycles. The van der Waals surface area contributed by atoms with Gasteiger partial charge in [-0.15, -0.1) is 6.42 Å². The lowest BCUT2D eigenvalue weighted by Crippen LogP contribution is -2.46. The van der Waals surface area contributed by atoms with Crippen molar-refractivity contribution in [3.63, 3.8) is 0 Å². The lowest BCUT2D eigenvalue weighted by Gasteiger charge is -2.36. The average Bonchev–Trinajstić information content (AvgIpc) is 2.78. The molecule has 2 aromatic rings. The van der Waals surface area contributed by atoms with Crippen molar-refractivity contribution in [1.82, 2.24) is 10.2 Å². The third-order valence-electron chi connectivity index (χ3n) is 5.39. The van der Waals surface area contributed by atoms with Crippen LogP contribution in [0.4, 0.5) is 5.69 Å². The number of nitrogens with one attached hydrogen (secondary N) is 1. The molecular weight excluding hydrogens is 417 g/mol. The van der Waals surface area contributed by atoms with Crippen LogP contribution >= 0.6 is 23.2 Å². The monoisotopic (exact) mass is 443 g/mol. The highest BCUT2D eigenvalue weighted by molar-refractivity contribution is 6.43. The smallest absolute Gasteiger partial charge is 0.251 e. The first-order valence-corrected chi connectivity index (χ1v) is 11.1. The molecule has 0 bridgehead atoms. The lowest BCUT2D eigenvalue weighted by atomic mass is 10.1. The van der Waals surface area contributed by atoms with Crippen LogP contribution in [0.15, 0.2) is 42.5 Å². The maximum Gasteiger partial charge on any atom is 0.251 e. The summed E-state index contributed by atoms with van der Waals surface area (Å²) in [6.07, 6.45) is 8.54. The fourth-order valence-corrected chi connectivity index (χ4v) is 4.02. The molecule has 30 heavy (non-hydrogen) atoms. The molecule has 0 aromatic heterocycles. The maximum absolute atomic E-state index is 12.1. The van der Waals surface area contributed by atoms with E-state index in [1.54, 1.807) is 24.3 Å². The molecule has 0 spiro atoms. The van der Waals surface area contributed by atoms with E-state index in [2.05, 4.69) is 21.0 Å². The number of anilines is 1. The number of hydrogen-bond donors (Lipinski definition) is 1. The van der Waals surface area contributed by atoms with Crippen LogP contribution in [0.3, 0.4) is 0 Å². The first kappa shape index (κ1) is 22.5. The molecule has 0 saturated carbocycles. The van der Waals surface area contributed by atoms with Crippen molar-refractivity contribution in [3.05, 3.63) is 63.6 Å². The Balaban J connectivity index is 1.29. The van der Waals surface area contributed by atoms with E-state index in [1.807, 2.05) is 18.2 Å². The second kappa shape index (κ2) is 11.3. The van der Waals surface area contributed by atoms with E-state index in [9.17, 15) is 4.79 Å². The Morgan fingerprint density at radius 2 is 1.73 bits per heavy atom. The molecule has 1 heterocycles. The molecule has 0 unspecified atom stereocenters. The van der Waals surface area contributed by atoms with Gasteiger partial charge in [-0.1, -0.05) is 41.6 Å². The van der Waals surface area contributed by atoms with Gasteiger partial charge in [-0.3, -0.25) is 9.69 Å². The zero-order valence-electron chi connectivity index (χ0n) is 17.0. The zero-order chi connectivity index (χ0) is 21.3. The minimum absolute atomic E-state index is 0.0469. The lowest BCUT2D eigenvalue weighted by molar-refractivity contribution is 0.0953. The molecule has 0 radical (unpaired) electrons. The minimum atomic E-state index is -0.0469. The molecule has 2 aromatic carbocycles. The Kier molecular flexibility index (Phi) is 8.45. The second-order valence-electron chi connectivity index (χ2n) is 7.44. The Bertz CT molecular complexity index is 884. The van der Waals surface area contributed by atoms with Gasteiger partial charge in [-0.05, 0) is 55.8 Å². The minimum Gasteiger partial charge on any atom is -0.368 e. The quantitative estimate of drug-likeness (QED) is 0.474. The number of hydrogen-bond acceptors (Lipinski definition) is 3. The summed E-state index contributed by atoms with van der Waals surface area (Å²) in [6, 6.07) is 12.9. The number of unbranched alkanes of at least 4 members (excludes halogenated alkanes) is 2. The van der Waals surface area contributed by atoms with Crippen LogP contribution in [-0.4, -0.2) is 50.1 Å². The molecule has 3 rings (SSSR count). The molecule has 1 aliphatic rings. The van der Waals surface area contributed by atoms with E-state index in [4.69, 9.17) is 29.6 Å². The third-order valence-corrected chi connectivity index (χ3v) is 6.20. The van der Waals surface area contributed by atoms with Crippen LogP contribution in [0.1, 0.15) is 35.2 Å². The summed E-state index contributed by atoms with van der Waals surface area (Å²) in [5, 5.41) is 4.22. The van der Waals surface area contributed by atoms with Crippen molar-refractivity contribution in [2.75, 3.05) is 44.2 Å². The largest absolute Gasteiger partial charge is 0.368 e. The van der Waals surface area contributed by atoms with Gasteiger partial charge in [0.05, 0.1) is 15.7 Å². The maximum atomic E-state index is 12.1. The third kappa shape index (κ3) is 6.15. The summed E-state index contributed by atoms with van der Waals surface area (Å²) in [5.41, 5.74) is 2.45. The number of halogens is 2. The highest BCUT2D eigenvalue weighted by Gasteiger charge is 2.19. The molecule has 1 fully saturated rings. The fourth-order valence-electron chi connectivity index (χ4n) is 3.61. The van der Waals surface area contributed by atoms with Gasteiger partial charge in [-0.25, -0.2) is 0 Å². The van der Waals surface area contributed by atoms with E-state index in [1.165, 1.54) is 0 Å². The summed E-state index contributed by atoms with van der Waals surface area (Å²) in [4.78, 5) is 16.9. The summed E-state index contributed by atoms with van der Waals surface area (Å²) in [5.74, 6) is 2.51. The standard InChI is InChI=1S/C24H27Cl2N3O/c1-2-19-9-11-20(12-10-19)24(30)27-13-4-3-5-14-28-15-17-29(18-16-28)22-8-6-7-21(25)23(22)26/h1,6-12H,3-5,13-18H2,(H,27,30). The number of amides is 1. The van der Waals surface area contributed by atoms with Crippen molar-refractivity contribution in [2.24, 2.45) is 0 Å². The van der Waals surface area contributed by atoms with Crippen molar-refractivity contribution in [2.45, 2.75) is 19.3 Å². The van der Waals surface area contributed by atoms with Crippen molar-refractivity contribution >= 4 is 34.8 Å². The predicted octanol–water partition coefficient (Wildman–Crippen LogP) is 4.70. The van der Waals surface area contributed by atoms with Gasteiger partial charge in [0.2, 0.25) is 0 Å². The molecule has 1 amide bonds. The number of carbonyl (C=O) groups excluding carboxylic acids is 1. The molecule has 0 atom stereocenters. The predicted molar refractivity (Wildman–Crippen MR) is 126 cm³/mol. The first-order valence-electron chi connectivity index (χ1n) is 10.3. The van der Waals surface area contributed by atoms with Crippen LogP contribution in [-0.2, 0) is 0 Å². The Morgan fingerprint density at radius 1 is 1.00 bits per heavy atom. The van der Waals surface area contributed by atoms with Crippen LogP contribution < -0.4 is 10.2 Å². The molecule has 158 valence electrons. The molecular formula is C24H27Cl2N3O. The Hall–Kier alpha value is -2.19. The van der Waals surface area contributed by atoms with Crippen LogP contribution in [0.5, 0.6) is 0 Å². The number of carbonyl (C=O) groups is 1. The number of terminal acetylenes is 1. The summed E-state index contributed by atoms with van der Waals surface area (Å²) < 4.78 is 0. The van der Waals surface area contributed by atoms with Gasteiger partial charge in [0.25, 0.3) is 5.91 Å². The molecule has 4 nitrogen and oxygen atoms in total. The second-order valence-corrected chi connectivity index (χ2v) is 8.23. The number of nitrogens with zero attached hydrogens (tertiary/aromatic N) is 2.